The molecule has 72 valence electrons. The van der Waals surface area contributed by atoms with E-state index in [-0.39, 0.29) is 6.61 Å². The van der Waals surface area contributed by atoms with Crippen LogP contribution in [0, 0.1) is 5.92 Å². The Hall–Kier alpha value is -0.870. The SMILES string of the molecule is OCc1cnn(CC2CCOC2)c1. The fraction of sp³-hybridized carbons (Fsp3) is 0.667. The van der Waals surface area contributed by atoms with Gasteiger partial charge in [0.1, 0.15) is 0 Å². The molecule has 1 aromatic rings. The molecule has 4 nitrogen and oxygen atoms in total. The standard InChI is InChI=1S/C9H14N2O2/c12-6-9-3-10-11(5-9)4-8-1-2-13-7-8/h3,5,8,12H,1-2,4,6-7H2. The van der Waals surface area contributed by atoms with Crippen LogP contribution in [0.15, 0.2) is 12.4 Å². The van der Waals surface area contributed by atoms with Crippen LogP contribution in [0.2, 0.25) is 0 Å². The first-order valence-corrected chi connectivity index (χ1v) is 4.58. The summed E-state index contributed by atoms with van der Waals surface area (Å²) in [5.74, 6) is 0.589. The molecule has 0 saturated carbocycles. The van der Waals surface area contributed by atoms with Crippen LogP contribution in [0.25, 0.3) is 0 Å². The van der Waals surface area contributed by atoms with Gasteiger partial charge in [0.25, 0.3) is 0 Å². The maximum Gasteiger partial charge on any atom is 0.0712 e. The number of ether oxygens (including phenoxy) is 1. The predicted octanol–water partition coefficient (Wildman–Crippen LogP) is 0.412. The van der Waals surface area contributed by atoms with Crippen molar-refractivity contribution in [1.82, 2.24) is 9.78 Å². The molecule has 1 aliphatic rings. The summed E-state index contributed by atoms with van der Waals surface area (Å²) in [6.45, 7) is 2.69. The highest BCUT2D eigenvalue weighted by Gasteiger charge is 2.16. The summed E-state index contributed by atoms with van der Waals surface area (Å²) >= 11 is 0. The van der Waals surface area contributed by atoms with Crippen molar-refractivity contribution in [2.75, 3.05) is 13.2 Å². The molecule has 0 aliphatic carbocycles. The average Bonchev–Trinajstić information content (AvgIpc) is 2.76. The molecule has 1 N–H and O–H groups in total. The molecule has 0 bridgehead atoms. The molecule has 0 aromatic carbocycles. The van der Waals surface area contributed by atoms with E-state index in [0.717, 1.165) is 31.7 Å². The minimum atomic E-state index is 0.0706. The quantitative estimate of drug-likeness (QED) is 0.736. The number of aromatic nitrogens is 2. The number of nitrogens with zero attached hydrogens (tertiary/aromatic N) is 2. The summed E-state index contributed by atoms with van der Waals surface area (Å²) < 4.78 is 7.15. The number of aliphatic hydroxyl groups is 1. The lowest BCUT2D eigenvalue weighted by atomic mass is 10.1. The van der Waals surface area contributed by atoms with Crippen molar-refractivity contribution in [2.45, 2.75) is 19.6 Å². The van der Waals surface area contributed by atoms with Crippen molar-refractivity contribution in [1.29, 1.82) is 0 Å². The smallest absolute Gasteiger partial charge is 0.0712 e. The molecule has 0 amide bonds. The first-order valence-electron chi connectivity index (χ1n) is 4.58. The average molecular weight is 182 g/mol. The maximum atomic E-state index is 8.83. The maximum absolute atomic E-state index is 8.83. The van der Waals surface area contributed by atoms with Gasteiger partial charge in [-0.2, -0.15) is 5.10 Å². The second kappa shape index (κ2) is 3.89. The van der Waals surface area contributed by atoms with E-state index >= 15 is 0 Å². The summed E-state index contributed by atoms with van der Waals surface area (Å²) in [6.07, 6.45) is 4.71. The zero-order chi connectivity index (χ0) is 9.10. The van der Waals surface area contributed by atoms with Gasteiger partial charge in [-0.15, -0.1) is 0 Å². The normalized spacial score (nSPS) is 22.4. The van der Waals surface area contributed by atoms with Crippen LogP contribution in [-0.4, -0.2) is 28.1 Å². The lowest BCUT2D eigenvalue weighted by Gasteiger charge is -2.06. The molecule has 4 heteroatoms. The summed E-state index contributed by atoms with van der Waals surface area (Å²) in [4.78, 5) is 0. The van der Waals surface area contributed by atoms with Gasteiger partial charge in [-0.1, -0.05) is 0 Å². The van der Waals surface area contributed by atoms with Crippen LogP contribution in [0.3, 0.4) is 0 Å². The van der Waals surface area contributed by atoms with Crippen LogP contribution in [0.5, 0.6) is 0 Å². The number of hydrogen-bond donors (Lipinski definition) is 1. The van der Waals surface area contributed by atoms with E-state index in [1.165, 1.54) is 0 Å². The molecule has 2 rings (SSSR count). The second-order valence-electron chi connectivity index (χ2n) is 3.46. The fourth-order valence-corrected chi connectivity index (χ4v) is 1.58. The van der Waals surface area contributed by atoms with Gasteiger partial charge in [-0.3, -0.25) is 4.68 Å². The van der Waals surface area contributed by atoms with Crippen LogP contribution < -0.4 is 0 Å². The Morgan fingerprint density at radius 3 is 3.23 bits per heavy atom. The van der Waals surface area contributed by atoms with Crippen molar-refractivity contribution in [3.05, 3.63) is 18.0 Å². The third kappa shape index (κ3) is 2.08. The number of hydrogen-bond acceptors (Lipinski definition) is 3. The molecule has 2 heterocycles. The first-order chi connectivity index (χ1) is 6.38. The molecule has 1 unspecified atom stereocenters. The highest BCUT2D eigenvalue weighted by atomic mass is 16.5. The van der Waals surface area contributed by atoms with Gasteiger partial charge in [0.2, 0.25) is 0 Å². The van der Waals surface area contributed by atoms with E-state index in [1.54, 1.807) is 6.20 Å². The lowest BCUT2D eigenvalue weighted by molar-refractivity contribution is 0.181. The minimum absolute atomic E-state index is 0.0706. The first kappa shape index (κ1) is 8.72. The zero-order valence-corrected chi connectivity index (χ0v) is 7.52. The molecule has 1 atom stereocenters. The third-order valence-electron chi connectivity index (χ3n) is 2.34. The van der Waals surface area contributed by atoms with E-state index in [1.807, 2.05) is 10.9 Å². The molecule has 1 saturated heterocycles. The summed E-state index contributed by atoms with van der Waals surface area (Å²) in [5, 5.41) is 13.0. The van der Waals surface area contributed by atoms with Crippen LogP contribution in [0.1, 0.15) is 12.0 Å². The van der Waals surface area contributed by atoms with E-state index in [2.05, 4.69) is 5.10 Å². The Balaban J connectivity index is 1.92. The summed E-state index contributed by atoms with van der Waals surface area (Å²) in [7, 11) is 0. The highest BCUT2D eigenvalue weighted by Crippen LogP contribution is 2.14. The molecule has 1 aliphatic heterocycles. The van der Waals surface area contributed by atoms with Crippen molar-refractivity contribution in [3.63, 3.8) is 0 Å². The van der Waals surface area contributed by atoms with Crippen molar-refractivity contribution < 1.29 is 9.84 Å². The van der Waals surface area contributed by atoms with E-state index in [4.69, 9.17) is 9.84 Å². The van der Waals surface area contributed by atoms with Crippen LogP contribution >= 0.6 is 0 Å². The second-order valence-corrected chi connectivity index (χ2v) is 3.46. The van der Waals surface area contributed by atoms with Crippen molar-refractivity contribution in [3.8, 4) is 0 Å². The Labute approximate surface area is 77.1 Å². The van der Waals surface area contributed by atoms with Gasteiger partial charge < -0.3 is 9.84 Å². The largest absolute Gasteiger partial charge is 0.392 e. The molecular formula is C9H14N2O2. The minimum Gasteiger partial charge on any atom is -0.392 e. The lowest BCUT2D eigenvalue weighted by Crippen LogP contribution is -2.10. The van der Waals surface area contributed by atoms with Crippen molar-refractivity contribution >= 4 is 0 Å². The van der Waals surface area contributed by atoms with Gasteiger partial charge in [0.15, 0.2) is 0 Å². The van der Waals surface area contributed by atoms with Crippen molar-refractivity contribution in [2.24, 2.45) is 5.92 Å². The molecule has 13 heavy (non-hydrogen) atoms. The van der Waals surface area contributed by atoms with Crippen LogP contribution in [-0.2, 0) is 17.9 Å². The topological polar surface area (TPSA) is 47.3 Å². The zero-order valence-electron chi connectivity index (χ0n) is 7.52. The Morgan fingerprint density at radius 2 is 2.62 bits per heavy atom. The predicted molar refractivity (Wildman–Crippen MR) is 47.1 cm³/mol. The van der Waals surface area contributed by atoms with Gasteiger partial charge >= 0.3 is 0 Å². The molecule has 1 aromatic heterocycles. The summed E-state index contributed by atoms with van der Waals surface area (Å²) in [6, 6.07) is 0. The van der Waals surface area contributed by atoms with E-state index in [0.29, 0.717) is 5.92 Å². The molecule has 0 spiro atoms. The Morgan fingerprint density at radius 1 is 1.69 bits per heavy atom. The monoisotopic (exact) mass is 182 g/mol. The van der Waals surface area contributed by atoms with Crippen LogP contribution in [0.4, 0.5) is 0 Å². The van der Waals surface area contributed by atoms with E-state index < -0.39 is 0 Å². The fourth-order valence-electron chi connectivity index (χ4n) is 1.58. The Kier molecular flexibility index (Phi) is 2.61. The molecule has 1 fully saturated rings. The molecule has 0 radical (unpaired) electrons. The third-order valence-corrected chi connectivity index (χ3v) is 2.34. The molecular weight excluding hydrogens is 168 g/mol. The van der Waals surface area contributed by atoms with E-state index in [9.17, 15) is 0 Å². The van der Waals surface area contributed by atoms with Gasteiger partial charge in [-0.05, 0) is 6.42 Å². The highest BCUT2D eigenvalue weighted by molar-refractivity contribution is 5.01. The Bertz CT molecular complexity index is 266. The van der Waals surface area contributed by atoms with Gasteiger partial charge in [-0.25, -0.2) is 0 Å². The summed E-state index contributed by atoms with van der Waals surface area (Å²) in [5.41, 5.74) is 0.874. The van der Waals surface area contributed by atoms with Gasteiger partial charge in [0, 0.05) is 30.8 Å². The number of rotatable bonds is 3. The number of aliphatic hydroxyl groups excluding tert-OH is 1. The van der Waals surface area contributed by atoms with Gasteiger partial charge in [0.05, 0.1) is 19.4 Å².